The first kappa shape index (κ1) is 14.7. The monoisotopic (exact) mass is 293 g/mol. The number of hydrogen-bond acceptors (Lipinski definition) is 6. The van der Waals surface area contributed by atoms with Crippen molar-refractivity contribution >= 4 is 33.3 Å². The molecule has 2 aromatic rings. The van der Waals surface area contributed by atoms with Gasteiger partial charge in [-0.05, 0) is 18.9 Å². The first-order chi connectivity index (χ1) is 9.60. The summed E-state index contributed by atoms with van der Waals surface area (Å²) in [5.41, 5.74) is 0.899. The summed E-state index contributed by atoms with van der Waals surface area (Å²) in [5.74, 6) is 0.569. The van der Waals surface area contributed by atoms with Crippen molar-refractivity contribution in [3.8, 4) is 0 Å². The zero-order valence-corrected chi connectivity index (χ0v) is 13.1. The van der Waals surface area contributed by atoms with Crippen LogP contribution in [0.3, 0.4) is 0 Å². The quantitative estimate of drug-likeness (QED) is 0.793. The van der Waals surface area contributed by atoms with Gasteiger partial charge in [0.2, 0.25) is 0 Å². The van der Waals surface area contributed by atoms with E-state index in [1.807, 2.05) is 14.0 Å². The molecular formula is C14H19N3O2S. The molecule has 0 fully saturated rings. The molecule has 2 rings (SSSR count). The Morgan fingerprint density at radius 3 is 2.85 bits per heavy atom. The summed E-state index contributed by atoms with van der Waals surface area (Å²) in [4.78, 5) is 24.0. The topological polar surface area (TPSA) is 55.3 Å². The number of nitrogens with zero attached hydrogens (tertiary/aromatic N) is 3. The largest absolute Gasteiger partial charge is 0.465 e. The molecule has 0 aliphatic heterocycles. The number of rotatable bonds is 5. The highest BCUT2D eigenvalue weighted by Gasteiger charge is 2.20. The highest BCUT2D eigenvalue weighted by Crippen LogP contribution is 2.34. The van der Waals surface area contributed by atoms with Crippen LogP contribution < -0.4 is 4.90 Å². The number of carbonyl (C=O) groups excluding carboxylic acids is 1. The van der Waals surface area contributed by atoms with Gasteiger partial charge in [0.15, 0.2) is 0 Å². The molecule has 0 aliphatic carbocycles. The van der Waals surface area contributed by atoms with Crippen molar-refractivity contribution < 1.29 is 9.53 Å². The van der Waals surface area contributed by atoms with Gasteiger partial charge in [-0.15, -0.1) is 11.3 Å². The van der Waals surface area contributed by atoms with Gasteiger partial charge in [0.05, 0.1) is 12.5 Å². The second-order valence-corrected chi connectivity index (χ2v) is 5.70. The number of ether oxygens (including phenoxy) is 1. The van der Waals surface area contributed by atoms with E-state index in [2.05, 4.69) is 21.8 Å². The van der Waals surface area contributed by atoms with Crippen LogP contribution in [-0.2, 0) is 4.74 Å². The molecule has 0 unspecified atom stereocenters. The predicted molar refractivity (Wildman–Crippen MR) is 81.7 cm³/mol. The average Bonchev–Trinajstić information content (AvgIpc) is 2.81. The minimum Gasteiger partial charge on any atom is -0.465 e. The number of anilines is 1. The summed E-state index contributed by atoms with van der Waals surface area (Å²) in [6, 6.07) is 0. The van der Waals surface area contributed by atoms with Crippen LogP contribution in [-0.4, -0.2) is 36.6 Å². The Bertz CT molecular complexity index is 624. The van der Waals surface area contributed by atoms with Crippen molar-refractivity contribution in [2.75, 3.05) is 25.6 Å². The molecule has 0 bridgehead atoms. The van der Waals surface area contributed by atoms with Crippen LogP contribution >= 0.6 is 11.3 Å². The molecule has 108 valence electrons. The fourth-order valence-corrected chi connectivity index (χ4v) is 3.19. The summed E-state index contributed by atoms with van der Waals surface area (Å²) in [6.45, 7) is 5.02. The van der Waals surface area contributed by atoms with Crippen LogP contribution in [0.5, 0.6) is 0 Å². The number of hydrogen-bond donors (Lipinski definition) is 0. The molecule has 0 aromatic carbocycles. The summed E-state index contributed by atoms with van der Waals surface area (Å²) >= 11 is 1.36. The van der Waals surface area contributed by atoms with Gasteiger partial charge in [-0.2, -0.15) is 0 Å². The lowest BCUT2D eigenvalue weighted by Crippen LogP contribution is -2.20. The van der Waals surface area contributed by atoms with Gasteiger partial charge >= 0.3 is 5.97 Å². The van der Waals surface area contributed by atoms with Crippen LogP contribution in [0.1, 0.15) is 35.0 Å². The maximum Gasteiger partial charge on any atom is 0.348 e. The van der Waals surface area contributed by atoms with E-state index >= 15 is 0 Å². The van der Waals surface area contributed by atoms with Gasteiger partial charge in [-0.1, -0.05) is 13.3 Å². The van der Waals surface area contributed by atoms with Gasteiger partial charge in [0.1, 0.15) is 21.9 Å². The molecule has 0 radical (unpaired) electrons. The molecule has 0 amide bonds. The Morgan fingerprint density at radius 2 is 2.20 bits per heavy atom. The zero-order chi connectivity index (χ0) is 14.7. The van der Waals surface area contributed by atoms with E-state index in [1.54, 1.807) is 6.33 Å². The minimum absolute atomic E-state index is 0.312. The molecule has 2 aromatic heterocycles. The van der Waals surface area contributed by atoms with E-state index in [0.29, 0.717) is 4.88 Å². The Kier molecular flexibility index (Phi) is 4.54. The summed E-state index contributed by atoms with van der Waals surface area (Å²) < 4.78 is 4.82. The highest BCUT2D eigenvalue weighted by atomic mass is 32.1. The van der Waals surface area contributed by atoms with Crippen LogP contribution in [0, 0.1) is 6.92 Å². The van der Waals surface area contributed by atoms with Crippen LogP contribution in [0.25, 0.3) is 10.2 Å². The van der Waals surface area contributed by atoms with E-state index in [-0.39, 0.29) is 5.97 Å². The fraction of sp³-hybridized carbons (Fsp3) is 0.500. The Labute approximate surface area is 122 Å². The maximum absolute atomic E-state index is 11.8. The second-order valence-electron chi connectivity index (χ2n) is 4.70. The number of unbranched alkanes of at least 4 members (excludes halogenated alkanes) is 1. The van der Waals surface area contributed by atoms with Crippen molar-refractivity contribution in [3.63, 3.8) is 0 Å². The van der Waals surface area contributed by atoms with Crippen molar-refractivity contribution in [1.29, 1.82) is 0 Å². The SMILES string of the molecule is CCCCN(C)c1ncnc2sc(C(=O)OC)c(C)c12. The normalized spacial score (nSPS) is 10.8. The number of fused-ring (bicyclic) bond motifs is 1. The Hall–Kier alpha value is -1.69. The average molecular weight is 293 g/mol. The van der Waals surface area contributed by atoms with E-state index in [1.165, 1.54) is 18.4 Å². The standard InChI is InChI=1S/C14H19N3O2S/c1-5-6-7-17(3)12-10-9(2)11(14(18)19-4)20-13(10)16-8-15-12/h8H,5-7H2,1-4H3. The molecule has 6 heteroatoms. The van der Waals surface area contributed by atoms with E-state index in [4.69, 9.17) is 4.74 Å². The number of aryl methyl sites for hydroxylation is 1. The maximum atomic E-state index is 11.8. The number of aromatic nitrogens is 2. The first-order valence-corrected chi connectivity index (χ1v) is 7.45. The molecule has 2 heterocycles. The molecule has 0 saturated heterocycles. The van der Waals surface area contributed by atoms with Crippen molar-refractivity contribution in [2.24, 2.45) is 0 Å². The van der Waals surface area contributed by atoms with Crippen LogP contribution in [0.2, 0.25) is 0 Å². The lowest BCUT2D eigenvalue weighted by molar-refractivity contribution is 0.0605. The number of methoxy groups -OCH3 is 1. The first-order valence-electron chi connectivity index (χ1n) is 6.63. The smallest absolute Gasteiger partial charge is 0.348 e. The summed E-state index contributed by atoms with van der Waals surface area (Å²) in [6.07, 6.45) is 3.79. The van der Waals surface area contributed by atoms with E-state index in [0.717, 1.165) is 41.0 Å². The van der Waals surface area contributed by atoms with Crippen molar-refractivity contribution in [3.05, 3.63) is 16.8 Å². The highest BCUT2D eigenvalue weighted by molar-refractivity contribution is 7.20. The van der Waals surface area contributed by atoms with Gasteiger partial charge in [0.25, 0.3) is 0 Å². The van der Waals surface area contributed by atoms with Gasteiger partial charge in [0, 0.05) is 13.6 Å². The van der Waals surface area contributed by atoms with Crippen LogP contribution in [0.4, 0.5) is 5.82 Å². The molecule has 0 N–H and O–H groups in total. The summed E-state index contributed by atoms with van der Waals surface area (Å²) in [5, 5.41) is 0.955. The molecule has 5 nitrogen and oxygen atoms in total. The van der Waals surface area contributed by atoms with Crippen LogP contribution in [0.15, 0.2) is 6.33 Å². The Balaban J connectivity index is 2.51. The van der Waals surface area contributed by atoms with Gasteiger partial charge < -0.3 is 9.64 Å². The molecule has 0 atom stereocenters. The third-order valence-electron chi connectivity index (χ3n) is 3.29. The van der Waals surface area contributed by atoms with Gasteiger partial charge in [-0.3, -0.25) is 0 Å². The number of carbonyl (C=O) groups is 1. The summed E-state index contributed by atoms with van der Waals surface area (Å²) in [7, 11) is 3.42. The molecule has 20 heavy (non-hydrogen) atoms. The third-order valence-corrected chi connectivity index (χ3v) is 4.47. The molecule has 0 spiro atoms. The second kappa shape index (κ2) is 6.17. The zero-order valence-electron chi connectivity index (χ0n) is 12.3. The molecule has 0 aliphatic rings. The number of esters is 1. The fourth-order valence-electron chi connectivity index (χ4n) is 2.13. The Morgan fingerprint density at radius 1 is 1.45 bits per heavy atom. The van der Waals surface area contributed by atoms with E-state index < -0.39 is 0 Å². The molecule has 0 saturated carbocycles. The van der Waals surface area contributed by atoms with Gasteiger partial charge in [-0.25, -0.2) is 14.8 Å². The third kappa shape index (κ3) is 2.60. The lowest BCUT2D eigenvalue weighted by atomic mass is 10.2. The number of thiophene rings is 1. The minimum atomic E-state index is -0.312. The van der Waals surface area contributed by atoms with E-state index in [9.17, 15) is 4.79 Å². The molecular weight excluding hydrogens is 274 g/mol. The predicted octanol–water partition coefficient (Wildman–Crippen LogP) is 3.02. The van der Waals surface area contributed by atoms with Crippen molar-refractivity contribution in [2.45, 2.75) is 26.7 Å². The lowest BCUT2D eigenvalue weighted by Gasteiger charge is -2.18. The van der Waals surface area contributed by atoms with Crippen molar-refractivity contribution in [1.82, 2.24) is 9.97 Å².